The van der Waals surface area contributed by atoms with Crippen LogP contribution in [0.5, 0.6) is 0 Å². The van der Waals surface area contributed by atoms with Crippen LogP contribution in [0.4, 0.5) is 4.39 Å². The van der Waals surface area contributed by atoms with Crippen LogP contribution in [0.2, 0.25) is 0 Å². The van der Waals surface area contributed by atoms with Gasteiger partial charge in [0, 0.05) is 30.9 Å². The minimum absolute atomic E-state index is 0.594. The first-order valence-corrected chi connectivity index (χ1v) is 7.50. The second-order valence-electron chi connectivity index (χ2n) is 5.28. The van der Waals surface area contributed by atoms with Crippen LogP contribution in [0.25, 0.3) is 0 Å². The number of hydrogen-bond donors (Lipinski definition) is 0. The summed E-state index contributed by atoms with van der Waals surface area (Å²) in [6.45, 7) is 2.32. The van der Waals surface area contributed by atoms with Crippen LogP contribution in [-0.4, -0.2) is 29.1 Å². The molecule has 1 aliphatic heterocycles. The highest BCUT2D eigenvalue weighted by Crippen LogP contribution is 2.35. The summed E-state index contributed by atoms with van der Waals surface area (Å²) < 4.78 is 13.1. The normalized spacial score (nSPS) is 27.0. The SMILES string of the molecule is FC1CCN(Cc2csc(C3CCCC3)n2)C1. The van der Waals surface area contributed by atoms with E-state index in [1.807, 2.05) is 0 Å². The van der Waals surface area contributed by atoms with Gasteiger partial charge in [-0.3, -0.25) is 4.90 Å². The van der Waals surface area contributed by atoms with E-state index < -0.39 is 6.17 Å². The predicted octanol–water partition coefficient (Wildman–Crippen LogP) is 3.34. The third kappa shape index (κ3) is 2.68. The van der Waals surface area contributed by atoms with E-state index in [2.05, 4.69) is 10.3 Å². The number of aromatic nitrogens is 1. The molecule has 1 aromatic heterocycles. The van der Waals surface area contributed by atoms with Gasteiger partial charge in [0.15, 0.2) is 0 Å². The molecule has 2 heterocycles. The molecule has 1 aromatic rings. The fourth-order valence-corrected chi connectivity index (χ4v) is 3.90. The third-order valence-corrected chi connectivity index (χ3v) is 4.93. The van der Waals surface area contributed by atoms with Crippen molar-refractivity contribution in [1.29, 1.82) is 0 Å². The van der Waals surface area contributed by atoms with E-state index in [1.165, 1.54) is 30.7 Å². The van der Waals surface area contributed by atoms with Crippen LogP contribution in [0.3, 0.4) is 0 Å². The van der Waals surface area contributed by atoms with Crippen molar-refractivity contribution >= 4 is 11.3 Å². The molecular formula is C13H19FN2S. The number of rotatable bonds is 3. The van der Waals surface area contributed by atoms with Crippen LogP contribution < -0.4 is 0 Å². The monoisotopic (exact) mass is 254 g/mol. The van der Waals surface area contributed by atoms with Gasteiger partial charge in [-0.25, -0.2) is 9.37 Å². The lowest BCUT2D eigenvalue weighted by atomic mass is 10.1. The summed E-state index contributed by atoms with van der Waals surface area (Å²) in [6, 6.07) is 0. The smallest absolute Gasteiger partial charge is 0.114 e. The highest BCUT2D eigenvalue weighted by atomic mass is 32.1. The zero-order chi connectivity index (χ0) is 11.7. The van der Waals surface area contributed by atoms with Crippen molar-refractivity contribution in [3.63, 3.8) is 0 Å². The number of thiazole rings is 1. The fourth-order valence-electron chi connectivity index (χ4n) is 2.91. The molecule has 0 aromatic carbocycles. The molecule has 4 heteroatoms. The first-order chi connectivity index (χ1) is 8.31. The van der Waals surface area contributed by atoms with Gasteiger partial charge in [-0.1, -0.05) is 12.8 Å². The van der Waals surface area contributed by atoms with Gasteiger partial charge >= 0.3 is 0 Å². The summed E-state index contributed by atoms with van der Waals surface area (Å²) in [5.41, 5.74) is 1.14. The molecule has 2 fully saturated rings. The fraction of sp³-hybridized carbons (Fsp3) is 0.769. The lowest BCUT2D eigenvalue weighted by Crippen LogP contribution is -2.20. The van der Waals surface area contributed by atoms with Crippen LogP contribution in [0, 0.1) is 0 Å². The Hall–Kier alpha value is -0.480. The second kappa shape index (κ2) is 5.02. The first kappa shape index (κ1) is 11.6. The maximum absolute atomic E-state index is 13.1. The Morgan fingerprint density at radius 1 is 1.35 bits per heavy atom. The Kier molecular flexibility index (Phi) is 3.43. The highest BCUT2D eigenvalue weighted by Gasteiger charge is 2.24. The Morgan fingerprint density at radius 3 is 2.88 bits per heavy atom. The van der Waals surface area contributed by atoms with Crippen LogP contribution in [0.15, 0.2) is 5.38 Å². The van der Waals surface area contributed by atoms with Crippen LogP contribution >= 0.6 is 11.3 Å². The largest absolute Gasteiger partial charge is 0.294 e. The summed E-state index contributed by atoms with van der Waals surface area (Å²) in [5.74, 6) is 0.709. The molecule has 0 N–H and O–H groups in total. The lowest BCUT2D eigenvalue weighted by molar-refractivity contribution is 0.280. The van der Waals surface area contributed by atoms with Crippen molar-refractivity contribution in [3.05, 3.63) is 16.1 Å². The lowest BCUT2D eigenvalue weighted by Gasteiger charge is -2.12. The van der Waals surface area contributed by atoms with Crippen LogP contribution in [-0.2, 0) is 6.54 Å². The second-order valence-corrected chi connectivity index (χ2v) is 6.17. The molecule has 1 aliphatic carbocycles. The molecule has 3 rings (SSSR count). The number of halogens is 1. The molecule has 1 unspecified atom stereocenters. The highest BCUT2D eigenvalue weighted by molar-refractivity contribution is 7.09. The molecule has 2 aliphatic rings. The van der Waals surface area contributed by atoms with Crippen molar-refractivity contribution in [2.45, 2.75) is 50.7 Å². The number of nitrogens with zero attached hydrogens (tertiary/aromatic N) is 2. The molecule has 94 valence electrons. The molecule has 1 saturated carbocycles. The number of likely N-dealkylation sites (tertiary alicyclic amines) is 1. The van der Waals surface area contributed by atoms with Gasteiger partial charge in [0.2, 0.25) is 0 Å². The van der Waals surface area contributed by atoms with Crippen molar-refractivity contribution in [1.82, 2.24) is 9.88 Å². The molecule has 0 bridgehead atoms. The zero-order valence-electron chi connectivity index (χ0n) is 10.1. The standard InChI is InChI=1S/C13H19FN2S/c14-11-5-6-16(7-11)8-12-9-17-13(15-12)10-3-1-2-4-10/h9-11H,1-8H2. The van der Waals surface area contributed by atoms with Crippen molar-refractivity contribution < 1.29 is 4.39 Å². The van der Waals surface area contributed by atoms with E-state index in [0.717, 1.165) is 18.8 Å². The first-order valence-electron chi connectivity index (χ1n) is 6.62. The van der Waals surface area contributed by atoms with Gasteiger partial charge in [-0.2, -0.15) is 0 Å². The Labute approximate surface area is 106 Å². The summed E-state index contributed by atoms with van der Waals surface area (Å²) >= 11 is 1.80. The average Bonchev–Trinajstić information content (AvgIpc) is 3.00. The van der Waals surface area contributed by atoms with Crippen molar-refractivity contribution in [2.75, 3.05) is 13.1 Å². The third-order valence-electron chi connectivity index (χ3n) is 3.87. The summed E-state index contributed by atoms with van der Waals surface area (Å²) in [6.07, 6.45) is 5.40. The van der Waals surface area contributed by atoms with Gasteiger partial charge in [-0.15, -0.1) is 11.3 Å². The Balaban J connectivity index is 1.60. The quantitative estimate of drug-likeness (QED) is 0.822. The molecule has 17 heavy (non-hydrogen) atoms. The van der Waals surface area contributed by atoms with Gasteiger partial charge in [0.1, 0.15) is 6.17 Å². The van der Waals surface area contributed by atoms with Gasteiger partial charge < -0.3 is 0 Å². The topological polar surface area (TPSA) is 16.1 Å². The average molecular weight is 254 g/mol. The van der Waals surface area contributed by atoms with E-state index in [4.69, 9.17) is 4.98 Å². The van der Waals surface area contributed by atoms with E-state index in [1.54, 1.807) is 11.3 Å². The summed E-state index contributed by atoms with van der Waals surface area (Å²) in [4.78, 5) is 6.91. The van der Waals surface area contributed by atoms with Crippen molar-refractivity contribution in [2.24, 2.45) is 0 Å². The molecule has 1 saturated heterocycles. The maximum Gasteiger partial charge on any atom is 0.114 e. The van der Waals surface area contributed by atoms with Gasteiger partial charge in [-0.05, 0) is 19.3 Å². The molecular weight excluding hydrogens is 235 g/mol. The van der Waals surface area contributed by atoms with Gasteiger partial charge in [0.05, 0.1) is 10.7 Å². The van der Waals surface area contributed by atoms with Crippen molar-refractivity contribution in [3.8, 4) is 0 Å². The van der Waals surface area contributed by atoms with E-state index in [0.29, 0.717) is 18.9 Å². The molecule has 0 radical (unpaired) electrons. The predicted molar refractivity (Wildman–Crippen MR) is 68.1 cm³/mol. The van der Waals surface area contributed by atoms with E-state index in [9.17, 15) is 4.39 Å². The Bertz CT molecular complexity index is 373. The number of alkyl halides is 1. The zero-order valence-corrected chi connectivity index (χ0v) is 10.9. The maximum atomic E-state index is 13.1. The molecule has 1 atom stereocenters. The number of hydrogen-bond acceptors (Lipinski definition) is 3. The Morgan fingerprint density at radius 2 is 2.18 bits per heavy atom. The van der Waals surface area contributed by atoms with Gasteiger partial charge in [0.25, 0.3) is 0 Å². The van der Waals surface area contributed by atoms with E-state index >= 15 is 0 Å². The minimum Gasteiger partial charge on any atom is -0.294 e. The summed E-state index contributed by atoms with van der Waals surface area (Å²) in [5, 5.41) is 3.48. The minimum atomic E-state index is -0.622. The molecule has 0 amide bonds. The molecule has 2 nitrogen and oxygen atoms in total. The van der Waals surface area contributed by atoms with Crippen LogP contribution in [0.1, 0.15) is 48.7 Å². The molecule has 0 spiro atoms. The summed E-state index contributed by atoms with van der Waals surface area (Å²) in [7, 11) is 0. The van der Waals surface area contributed by atoms with E-state index in [-0.39, 0.29) is 0 Å².